The zero-order valence-corrected chi connectivity index (χ0v) is 15.3. The average molecular weight is 387 g/mol. The molecule has 1 heterocycles. The molecule has 0 aliphatic carbocycles. The SMILES string of the molecule is Cc1nn(-c2ccccc2)c(Cl)c1C(=O)NC(=S)Nc1ccc(O)cc1. The number of aromatic hydroxyl groups is 1. The van der Waals surface area contributed by atoms with Crippen LogP contribution in [-0.2, 0) is 0 Å². The Morgan fingerprint density at radius 3 is 2.46 bits per heavy atom. The molecule has 132 valence electrons. The number of para-hydroxylation sites is 1. The van der Waals surface area contributed by atoms with Crippen molar-refractivity contribution in [2.75, 3.05) is 5.32 Å². The number of phenolic OH excluding ortho intramolecular Hbond substituents is 1. The van der Waals surface area contributed by atoms with Crippen LogP contribution in [0.25, 0.3) is 5.69 Å². The molecule has 6 nitrogen and oxygen atoms in total. The molecule has 0 radical (unpaired) electrons. The fourth-order valence-corrected chi connectivity index (χ4v) is 2.94. The van der Waals surface area contributed by atoms with E-state index >= 15 is 0 Å². The molecule has 0 saturated heterocycles. The number of nitrogens with zero attached hydrogens (tertiary/aromatic N) is 2. The highest BCUT2D eigenvalue weighted by Gasteiger charge is 2.21. The van der Waals surface area contributed by atoms with Gasteiger partial charge in [0, 0.05) is 5.69 Å². The van der Waals surface area contributed by atoms with Gasteiger partial charge in [-0.3, -0.25) is 10.1 Å². The number of amides is 1. The lowest BCUT2D eigenvalue weighted by molar-refractivity contribution is 0.0977. The van der Waals surface area contributed by atoms with Crippen LogP contribution >= 0.6 is 23.8 Å². The Balaban J connectivity index is 1.76. The van der Waals surface area contributed by atoms with Gasteiger partial charge in [-0.05, 0) is 55.5 Å². The van der Waals surface area contributed by atoms with E-state index in [0.717, 1.165) is 5.69 Å². The number of aromatic nitrogens is 2. The van der Waals surface area contributed by atoms with E-state index in [9.17, 15) is 9.90 Å². The fraction of sp³-hybridized carbons (Fsp3) is 0.0556. The molecule has 2 aromatic carbocycles. The van der Waals surface area contributed by atoms with Gasteiger partial charge in [0.15, 0.2) is 5.11 Å². The van der Waals surface area contributed by atoms with E-state index in [1.54, 1.807) is 19.1 Å². The molecule has 26 heavy (non-hydrogen) atoms. The summed E-state index contributed by atoms with van der Waals surface area (Å²) >= 11 is 11.5. The van der Waals surface area contributed by atoms with E-state index in [0.29, 0.717) is 11.4 Å². The third-order valence-corrected chi connectivity index (χ3v) is 4.14. The third-order valence-electron chi connectivity index (χ3n) is 3.58. The standard InChI is InChI=1S/C18H15ClN4O2S/c1-11-15(16(19)23(22-11)13-5-3-2-4-6-13)17(25)21-18(26)20-12-7-9-14(24)10-8-12/h2-10,24H,1H3,(H2,20,21,25,26). The van der Waals surface area contributed by atoms with E-state index in [2.05, 4.69) is 15.7 Å². The van der Waals surface area contributed by atoms with Gasteiger partial charge in [-0.25, -0.2) is 4.68 Å². The van der Waals surface area contributed by atoms with E-state index in [1.807, 2.05) is 30.3 Å². The van der Waals surface area contributed by atoms with Gasteiger partial charge >= 0.3 is 0 Å². The number of aryl methyl sites for hydroxylation is 1. The summed E-state index contributed by atoms with van der Waals surface area (Å²) in [6, 6.07) is 15.6. The average Bonchev–Trinajstić information content (AvgIpc) is 2.92. The highest BCUT2D eigenvalue weighted by Crippen LogP contribution is 2.23. The van der Waals surface area contributed by atoms with Gasteiger partial charge in [0.05, 0.1) is 11.4 Å². The molecular formula is C18H15ClN4O2S. The number of rotatable bonds is 3. The highest BCUT2D eigenvalue weighted by atomic mass is 35.5. The molecule has 0 aliphatic rings. The van der Waals surface area contributed by atoms with Gasteiger partial charge in [0.25, 0.3) is 5.91 Å². The lowest BCUT2D eigenvalue weighted by atomic mass is 10.2. The summed E-state index contributed by atoms with van der Waals surface area (Å²) < 4.78 is 1.50. The molecule has 3 rings (SSSR count). The Labute approximate surface area is 160 Å². The number of phenols is 1. The van der Waals surface area contributed by atoms with Crippen LogP contribution in [0.1, 0.15) is 16.1 Å². The molecule has 3 aromatic rings. The number of nitrogens with one attached hydrogen (secondary N) is 2. The van der Waals surface area contributed by atoms with Crippen LogP contribution in [0.3, 0.4) is 0 Å². The van der Waals surface area contributed by atoms with Crippen LogP contribution in [0.5, 0.6) is 5.75 Å². The minimum atomic E-state index is -0.453. The first kappa shape index (κ1) is 17.9. The maximum absolute atomic E-state index is 12.6. The molecule has 0 saturated carbocycles. The minimum absolute atomic E-state index is 0.114. The quantitative estimate of drug-likeness (QED) is 0.473. The number of benzene rings is 2. The number of anilines is 1. The van der Waals surface area contributed by atoms with Crippen LogP contribution in [0.4, 0.5) is 5.69 Å². The molecular weight excluding hydrogens is 372 g/mol. The largest absolute Gasteiger partial charge is 0.508 e. The Hall–Kier alpha value is -2.90. The zero-order valence-electron chi connectivity index (χ0n) is 13.7. The summed E-state index contributed by atoms with van der Waals surface area (Å²) in [4.78, 5) is 12.6. The molecule has 1 aromatic heterocycles. The lowest BCUT2D eigenvalue weighted by Gasteiger charge is -2.09. The summed E-state index contributed by atoms with van der Waals surface area (Å²) in [5.41, 5.74) is 2.13. The summed E-state index contributed by atoms with van der Waals surface area (Å²) in [6.07, 6.45) is 0. The van der Waals surface area contributed by atoms with Crippen molar-refractivity contribution in [2.24, 2.45) is 0 Å². The summed E-state index contributed by atoms with van der Waals surface area (Å²) in [5.74, 6) is -0.313. The predicted molar refractivity (Wildman–Crippen MR) is 105 cm³/mol. The molecule has 0 atom stereocenters. The van der Waals surface area contributed by atoms with Gasteiger partial charge in [0.2, 0.25) is 0 Å². The topological polar surface area (TPSA) is 79.2 Å². The maximum atomic E-state index is 12.6. The van der Waals surface area contributed by atoms with Gasteiger partial charge in [-0.15, -0.1) is 0 Å². The number of hydrogen-bond donors (Lipinski definition) is 3. The van der Waals surface area contributed by atoms with Crippen LogP contribution in [0.15, 0.2) is 54.6 Å². The second-order valence-electron chi connectivity index (χ2n) is 5.45. The Kier molecular flexibility index (Phi) is 5.20. The van der Waals surface area contributed by atoms with Crippen molar-refractivity contribution in [3.8, 4) is 11.4 Å². The zero-order chi connectivity index (χ0) is 18.7. The summed E-state index contributed by atoms with van der Waals surface area (Å²) in [6.45, 7) is 1.71. The van der Waals surface area contributed by atoms with E-state index in [1.165, 1.54) is 16.8 Å². The van der Waals surface area contributed by atoms with Crippen LogP contribution < -0.4 is 10.6 Å². The smallest absolute Gasteiger partial charge is 0.262 e. The highest BCUT2D eigenvalue weighted by molar-refractivity contribution is 7.80. The number of hydrogen-bond acceptors (Lipinski definition) is 4. The number of thiocarbonyl (C=S) groups is 1. The number of carbonyl (C=O) groups is 1. The summed E-state index contributed by atoms with van der Waals surface area (Å²) in [7, 11) is 0. The molecule has 8 heteroatoms. The van der Waals surface area contributed by atoms with Gasteiger partial charge in [-0.2, -0.15) is 5.10 Å². The second kappa shape index (κ2) is 7.55. The van der Waals surface area contributed by atoms with E-state index < -0.39 is 5.91 Å². The normalized spacial score (nSPS) is 10.4. The number of halogens is 1. The van der Waals surface area contributed by atoms with Crippen LogP contribution in [0, 0.1) is 6.92 Å². The first-order chi connectivity index (χ1) is 12.5. The molecule has 0 spiro atoms. The van der Waals surface area contributed by atoms with Crippen LogP contribution in [-0.4, -0.2) is 25.9 Å². The maximum Gasteiger partial charge on any atom is 0.262 e. The van der Waals surface area contributed by atoms with Crippen LogP contribution in [0.2, 0.25) is 5.15 Å². The Bertz CT molecular complexity index is 955. The second-order valence-corrected chi connectivity index (χ2v) is 6.22. The van der Waals surface area contributed by atoms with Gasteiger partial charge < -0.3 is 10.4 Å². The molecule has 1 amide bonds. The number of carbonyl (C=O) groups excluding carboxylic acids is 1. The molecule has 0 fully saturated rings. The van der Waals surface area contributed by atoms with E-state index in [4.69, 9.17) is 23.8 Å². The monoisotopic (exact) mass is 386 g/mol. The molecule has 3 N–H and O–H groups in total. The lowest BCUT2D eigenvalue weighted by Crippen LogP contribution is -2.34. The first-order valence-electron chi connectivity index (χ1n) is 7.67. The molecule has 0 aliphatic heterocycles. The molecule has 0 bridgehead atoms. The van der Waals surface area contributed by atoms with Gasteiger partial charge in [0.1, 0.15) is 16.5 Å². The van der Waals surface area contributed by atoms with Gasteiger partial charge in [-0.1, -0.05) is 29.8 Å². The minimum Gasteiger partial charge on any atom is -0.508 e. The Morgan fingerprint density at radius 2 is 1.81 bits per heavy atom. The van der Waals surface area contributed by atoms with Crippen molar-refractivity contribution < 1.29 is 9.90 Å². The van der Waals surface area contributed by atoms with Crippen molar-refractivity contribution in [1.29, 1.82) is 0 Å². The van der Waals surface area contributed by atoms with Crippen molar-refractivity contribution in [1.82, 2.24) is 15.1 Å². The predicted octanol–water partition coefficient (Wildman–Crippen LogP) is 3.67. The molecule has 0 unspecified atom stereocenters. The summed E-state index contributed by atoms with van der Waals surface area (Å²) in [5, 5.41) is 19.4. The third kappa shape index (κ3) is 3.84. The first-order valence-corrected chi connectivity index (χ1v) is 8.46. The Morgan fingerprint density at radius 1 is 1.15 bits per heavy atom. The van der Waals surface area contributed by atoms with Crippen molar-refractivity contribution in [3.05, 3.63) is 71.0 Å². The van der Waals surface area contributed by atoms with Crippen molar-refractivity contribution >= 4 is 40.5 Å². The fourth-order valence-electron chi connectivity index (χ4n) is 2.37. The van der Waals surface area contributed by atoms with Crippen molar-refractivity contribution in [3.63, 3.8) is 0 Å². The van der Waals surface area contributed by atoms with E-state index in [-0.39, 0.29) is 21.6 Å². The van der Waals surface area contributed by atoms with Crippen molar-refractivity contribution in [2.45, 2.75) is 6.92 Å².